The molecule has 0 spiro atoms. The van der Waals surface area contributed by atoms with Gasteiger partial charge in [0.25, 0.3) is 0 Å². The molecule has 0 aromatic heterocycles. The van der Waals surface area contributed by atoms with Crippen molar-refractivity contribution in [3.05, 3.63) is 29.8 Å². The molecule has 2 N–H and O–H groups in total. The van der Waals surface area contributed by atoms with E-state index < -0.39 is 0 Å². The summed E-state index contributed by atoms with van der Waals surface area (Å²) < 4.78 is 5.05. The lowest BCUT2D eigenvalue weighted by Gasteiger charge is -2.13. The molecule has 5 heteroatoms. The number of carbonyl (C=O) groups excluding carboxylic acids is 1. The second-order valence-electron chi connectivity index (χ2n) is 4.50. The number of hydrogen-bond donors (Lipinski definition) is 2. The second-order valence-corrected chi connectivity index (χ2v) is 4.91. The van der Waals surface area contributed by atoms with Crippen LogP contribution in [0.4, 0.5) is 5.69 Å². The average Bonchev–Trinajstić information content (AvgIpc) is 2.61. The summed E-state index contributed by atoms with van der Waals surface area (Å²) in [6, 6.07) is 7.54. The summed E-state index contributed by atoms with van der Waals surface area (Å²) >= 11 is 5.17. The van der Waals surface area contributed by atoms with Gasteiger partial charge in [-0.3, -0.25) is 0 Å². The maximum absolute atomic E-state index is 11.4. The lowest BCUT2D eigenvalue weighted by Crippen LogP contribution is -2.40. The van der Waals surface area contributed by atoms with Gasteiger partial charge in [-0.2, -0.15) is 0 Å². The Morgan fingerprint density at radius 1 is 1.39 bits per heavy atom. The van der Waals surface area contributed by atoms with Crippen molar-refractivity contribution in [2.75, 3.05) is 5.32 Å². The highest BCUT2D eigenvalue weighted by Gasteiger charge is 2.32. The zero-order chi connectivity index (χ0) is 13.1. The van der Waals surface area contributed by atoms with Crippen molar-refractivity contribution < 1.29 is 9.53 Å². The molecule has 1 heterocycles. The average molecular weight is 264 g/mol. The Kier molecular flexibility index (Phi) is 3.81. The third-order valence-corrected chi connectivity index (χ3v) is 3.00. The monoisotopic (exact) mass is 264 g/mol. The minimum Gasteiger partial charge on any atom is -0.461 e. The van der Waals surface area contributed by atoms with Crippen molar-refractivity contribution in [1.82, 2.24) is 5.32 Å². The van der Waals surface area contributed by atoms with Crippen molar-refractivity contribution in [1.29, 1.82) is 0 Å². The van der Waals surface area contributed by atoms with E-state index in [0.29, 0.717) is 11.5 Å². The van der Waals surface area contributed by atoms with E-state index in [4.69, 9.17) is 17.0 Å². The van der Waals surface area contributed by atoms with Crippen LogP contribution in [0.3, 0.4) is 0 Å². The second kappa shape index (κ2) is 5.35. The van der Waals surface area contributed by atoms with Crippen molar-refractivity contribution in [3.8, 4) is 0 Å². The van der Waals surface area contributed by atoms with E-state index in [1.165, 1.54) is 5.56 Å². The van der Waals surface area contributed by atoms with Crippen LogP contribution in [-0.4, -0.2) is 23.2 Å². The largest absolute Gasteiger partial charge is 0.461 e. The summed E-state index contributed by atoms with van der Waals surface area (Å²) in [5, 5.41) is 6.45. The van der Waals surface area contributed by atoms with Gasteiger partial charge in [0, 0.05) is 12.1 Å². The Morgan fingerprint density at radius 3 is 2.61 bits per heavy atom. The molecule has 0 bridgehead atoms. The first-order valence-electron chi connectivity index (χ1n) is 5.89. The number of anilines is 1. The van der Waals surface area contributed by atoms with Crippen LogP contribution < -0.4 is 10.6 Å². The zero-order valence-corrected chi connectivity index (χ0v) is 11.2. The number of benzene rings is 1. The zero-order valence-electron chi connectivity index (χ0n) is 10.4. The molecule has 2 atom stereocenters. The Balaban J connectivity index is 1.89. The first kappa shape index (κ1) is 12.8. The molecule has 1 aromatic carbocycles. The fourth-order valence-corrected chi connectivity index (χ4v) is 2.10. The van der Waals surface area contributed by atoms with E-state index in [9.17, 15) is 4.79 Å². The van der Waals surface area contributed by atoms with Crippen LogP contribution in [0, 0.1) is 6.92 Å². The molecule has 0 radical (unpaired) electrons. The molecule has 96 valence electrons. The molecular formula is C13H16N2O2S. The number of ether oxygens (including phenoxy) is 1. The van der Waals surface area contributed by atoms with Crippen LogP contribution in [0.1, 0.15) is 18.9 Å². The summed E-state index contributed by atoms with van der Waals surface area (Å²) in [7, 11) is 0. The number of thiocarbonyl (C=S) groups is 1. The Labute approximate surface area is 112 Å². The molecule has 1 aliphatic rings. The van der Waals surface area contributed by atoms with Gasteiger partial charge in [0.05, 0.1) is 0 Å². The molecule has 18 heavy (non-hydrogen) atoms. The summed E-state index contributed by atoms with van der Waals surface area (Å²) in [4.78, 5) is 11.4. The predicted octanol–water partition coefficient (Wildman–Crippen LogP) is 1.99. The highest BCUT2D eigenvalue weighted by Crippen LogP contribution is 2.14. The van der Waals surface area contributed by atoms with Crippen LogP contribution in [0.25, 0.3) is 0 Å². The van der Waals surface area contributed by atoms with Gasteiger partial charge >= 0.3 is 5.97 Å². The molecule has 0 aliphatic carbocycles. The van der Waals surface area contributed by atoms with E-state index >= 15 is 0 Å². The number of cyclic esters (lactones) is 1. The van der Waals surface area contributed by atoms with Crippen LogP contribution >= 0.6 is 12.2 Å². The lowest BCUT2D eigenvalue weighted by atomic mass is 10.2. The number of nitrogens with one attached hydrogen (secondary N) is 2. The quantitative estimate of drug-likeness (QED) is 0.632. The minimum absolute atomic E-state index is 0.0443. The molecule has 1 aliphatic heterocycles. The summed E-state index contributed by atoms with van der Waals surface area (Å²) in [6.45, 7) is 3.90. The molecule has 1 saturated heterocycles. The van der Waals surface area contributed by atoms with Gasteiger partial charge in [-0.1, -0.05) is 17.7 Å². The van der Waals surface area contributed by atoms with Crippen molar-refractivity contribution >= 4 is 29.0 Å². The molecule has 4 nitrogen and oxygen atoms in total. The van der Waals surface area contributed by atoms with Crippen molar-refractivity contribution in [2.24, 2.45) is 0 Å². The van der Waals surface area contributed by atoms with Crippen LogP contribution in [0.5, 0.6) is 0 Å². The maximum Gasteiger partial charge on any atom is 0.329 e. The van der Waals surface area contributed by atoms with Gasteiger partial charge in [-0.05, 0) is 38.2 Å². The van der Waals surface area contributed by atoms with E-state index in [1.807, 2.05) is 38.1 Å². The molecule has 0 unspecified atom stereocenters. The maximum atomic E-state index is 11.4. The number of rotatable bonds is 2. The van der Waals surface area contributed by atoms with Crippen molar-refractivity contribution in [2.45, 2.75) is 32.4 Å². The Hall–Kier alpha value is -1.62. The summed E-state index contributed by atoms with van der Waals surface area (Å²) in [6.07, 6.45) is 0.603. The highest BCUT2D eigenvalue weighted by atomic mass is 32.1. The molecule has 0 amide bonds. The third kappa shape index (κ3) is 3.20. The van der Waals surface area contributed by atoms with Gasteiger partial charge in [0.2, 0.25) is 0 Å². The normalized spacial score (nSPS) is 22.4. The van der Waals surface area contributed by atoms with Crippen LogP contribution in [0.15, 0.2) is 24.3 Å². The molecule has 1 aromatic rings. The highest BCUT2D eigenvalue weighted by molar-refractivity contribution is 7.80. The first-order valence-corrected chi connectivity index (χ1v) is 6.30. The summed E-state index contributed by atoms with van der Waals surface area (Å²) in [5.74, 6) is -0.240. The number of esters is 1. The topological polar surface area (TPSA) is 50.4 Å². The third-order valence-electron chi connectivity index (χ3n) is 2.78. The van der Waals surface area contributed by atoms with E-state index in [0.717, 1.165) is 5.69 Å². The predicted molar refractivity (Wildman–Crippen MR) is 74.5 cm³/mol. The number of aryl methyl sites for hydroxylation is 1. The van der Waals surface area contributed by atoms with Crippen LogP contribution in [-0.2, 0) is 9.53 Å². The van der Waals surface area contributed by atoms with Gasteiger partial charge < -0.3 is 15.4 Å². The molecule has 2 rings (SSSR count). The summed E-state index contributed by atoms with van der Waals surface area (Å²) in [5.41, 5.74) is 2.09. The number of carbonyl (C=O) groups is 1. The standard InChI is InChI=1S/C13H16N2O2S/c1-8-3-5-10(6-4-8)14-13(18)15-11-7-9(2)17-12(11)16/h3-6,9,11H,7H2,1-2H3,(H2,14,15,18)/t9-,11-/m1/s1. The fraction of sp³-hybridized carbons (Fsp3) is 0.385. The van der Waals surface area contributed by atoms with Gasteiger partial charge in [0.15, 0.2) is 5.11 Å². The Bertz CT molecular complexity index is 459. The smallest absolute Gasteiger partial charge is 0.329 e. The lowest BCUT2D eigenvalue weighted by molar-refractivity contribution is -0.142. The molecule has 0 saturated carbocycles. The number of hydrogen-bond acceptors (Lipinski definition) is 3. The minimum atomic E-state index is -0.342. The first-order chi connectivity index (χ1) is 8.54. The van der Waals surface area contributed by atoms with E-state index in [2.05, 4.69) is 10.6 Å². The van der Waals surface area contributed by atoms with Crippen LogP contribution in [0.2, 0.25) is 0 Å². The molecular weight excluding hydrogens is 248 g/mol. The van der Waals surface area contributed by atoms with Crippen molar-refractivity contribution in [3.63, 3.8) is 0 Å². The Morgan fingerprint density at radius 2 is 2.06 bits per heavy atom. The van der Waals surface area contributed by atoms with Gasteiger partial charge in [0.1, 0.15) is 12.1 Å². The molecule has 1 fully saturated rings. The van der Waals surface area contributed by atoms with Gasteiger partial charge in [-0.25, -0.2) is 4.79 Å². The van der Waals surface area contributed by atoms with E-state index in [1.54, 1.807) is 0 Å². The SMILES string of the molecule is Cc1ccc(NC(=S)N[C@@H]2C[C@@H](C)OC2=O)cc1. The fourth-order valence-electron chi connectivity index (χ4n) is 1.84. The van der Waals surface area contributed by atoms with Gasteiger partial charge in [-0.15, -0.1) is 0 Å². The van der Waals surface area contributed by atoms with E-state index in [-0.39, 0.29) is 18.1 Å².